The maximum absolute atomic E-state index is 9.13. The van der Waals surface area contributed by atoms with Crippen LogP contribution in [-0.2, 0) is 0 Å². The fourth-order valence-electron chi connectivity index (χ4n) is 1.15. The summed E-state index contributed by atoms with van der Waals surface area (Å²) in [5.74, 6) is 0. The molecule has 0 aliphatic heterocycles. The molecule has 1 aromatic heterocycles. The lowest BCUT2D eigenvalue weighted by Crippen LogP contribution is -2.31. The van der Waals surface area contributed by atoms with Crippen LogP contribution in [0.4, 0.5) is 0 Å². The molecule has 2 atom stereocenters. The van der Waals surface area contributed by atoms with Crippen LogP contribution in [0.15, 0.2) is 24.5 Å². The van der Waals surface area contributed by atoms with E-state index >= 15 is 0 Å². The number of rotatable bonds is 5. The van der Waals surface area contributed by atoms with Crippen LogP contribution in [0.25, 0.3) is 0 Å². The minimum atomic E-state index is -0.695. The summed E-state index contributed by atoms with van der Waals surface area (Å²) in [5, 5.41) is 20.9. The zero-order valence-corrected chi connectivity index (χ0v) is 8.22. The summed E-state index contributed by atoms with van der Waals surface area (Å²) in [7, 11) is 0. The van der Waals surface area contributed by atoms with Crippen LogP contribution in [0.2, 0.25) is 0 Å². The Bertz CT molecular complexity index is 254. The topological polar surface area (TPSA) is 65.4 Å². The summed E-state index contributed by atoms with van der Waals surface area (Å²) in [4.78, 5) is 3.92. The van der Waals surface area contributed by atoms with E-state index in [2.05, 4.69) is 10.3 Å². The Balaban J connectivity index is 2.39. The molecule has 1 unspecified atom stereocenters. The van der Waals surface area contributed by atoms with Crippen LogP contribution < -0.4 is 5.32 Å². The van der Waals surface area contributed by atoms with Crippen molar-refractivity contribution in [3.63, 3.8) is 0 Å². The molecule has 0 bridgehead atoms. The zero-order chi connectivity index (χ0) is 10.4. The molecule has 1 rings (SSSR count). The van der Waals surface area contributed by atoms with Crippen LogP contribution in [0, 0.1) is 0 Å². The third kappa shape index (κ3) is 3.41. The molecule has 0 spiro atoms. The van der Waals surface area contributed by atoms with E-state index in [1.165, 1.54) is 0 Å². The number of nitrogens with one attached hydrogen (secondary N) is 1. The summed E-state index contributed by atoms with van der Waals surface area (Å²) < 4.78 is 0. The smallest absolute Gasteiger partial charge is 0.0895 e. The van der Waals surface area contributed by atoms with Gasteiger partial charge in [0.25, 0.3) is 0 Å². The number of pyridine rings is 1. The Kier molecular flexibility index (Phi) is 4.52. The fourth-order valence-corrected chi connectivity index (χ4v) is 1.15. The predicted molar refractivity (Wildman–Crippen MR) is 53.7 cm³/mol. The molecule has 14 heavy (non-hydrogen) atoms. The van der Waals surface area contributed by atoms with Gasteiger partial charge in [0.05, 0.1) is 12.7 Å². The van der Waals surface area contributed by atoms with Crippen LogP contribution in [0.5, 0.6) is 0 Å². The van der Waals surface area contributed by atoms with Gasteiger partial charge < -0.3 is 15.5 Å². The number of hydrogen-bond acceptors (Lipinski definition) is 4. The first kappa shape index (κ1) is 11.1. The Morgan fingerprint density at radius 2 is 2.07 bits per heavy atom. The van der Waals surface area contributed by atoms with E-state index in [0.717, 1.165) is 5.56 Å². The van der Waals surface area contributed by atoms with Gasteiger partial charge in [0.1, 0.15) is 0 Å². The average Bonchev–Trinajstić information content (AvgIpc) is 2.26. The number of nitrogens with zero attached hydrogens (tertiary/aromatic N) is 1. The van der Waals surface area contributed by atoms with E-state index in [-0.39, 0.29) is 12.6 Å². The van der Waals surface area contributed by atoms with Crippen molar-refractivity contribution in [1.82, 2.24) is 10.3 Å². The molecule has 0 aliphatic rings. The molecule has 4 heteroatoms. The van der Waals surface area contributed by atoms with Gasteiger partial charge in [-0.2, -0.15) is 0 Å². The lowest BCUT2D eigenvalue weighted by Gasteiger charge is -2.15. The first-order valence-corrected chi connectivity index (χ1v) is 4.66. The molecule has 78 valence electrons. The minimum absolute atomic E-state index is 0.152. The van der Waals surface area contributed by atoms with Gasteiger partial charge in [-0.05, 0) is 24.6 Å². The molecule has 0 amide bonds. The highest BCUT2D eigenvalue weighted by molar-refractivity contribution is 5.13. The van der Waals surface area contributed by atoms with Gasteiger partial charge in [-0.3, -0.25) is 4.98 Å². The van der Waals surface area contributed by atoms with Crippen LogP contribution in [0.1, 0.15) is 18.5 Å². The Morgan fingerprint density at radius 1 is 1.43 bits per heavy atom. The molecule has 0 fully saturated rings. The van der Waals surface area contributed by atoms with E-state index in [4.69, 9.17) is 10.2 Å². The van der Waals surface area contributed by atoms with Crippen molar-refractivity contribution in [2.75, 3.05) is 13.2 Å². The number of aliphatic hydroxyl groups is 2. The summed E-state index contributed by atoms with van der Waals surface area (Å²) in [5.41, 5.74) is 1.12. The van der Waals surface area contributed by atoms with Crippen molar-refractivity contribution in [2.45, 2.75) is 19.1 Å². The SMILES string of the molecule is CC(NC[C@H](O)CO)c1ccncc1. The third-order valence-corrected chi connectivity index (χ3v) is 2.08. The monoisotopic (exact) mass is 196 g/mol. The molecule has 0 radical (unpaired) electrons. The number of hydrogen-bond donors (Lipinski definition) is 3. The van der Waals surface area contributed by atoms with E-state index in [1.807, 2.05) is 19.1 Å². The molecule has 1 aromatic rings. The van der Waals surface area contributed by atoms with E-state index in [9.17, 15) is 0 Å². The second-order valence-electron chi connectivity index (χ2n) is 3.25. The molecule has 4 nitrogen and oxygen atoms in total. The first-order valence-electron chi connectivity index (χ1n) is 4.66. The Labute approximate surface area is 83.6 Å². The molecule has 0 aliphatic carbocycles. The Morgan fingerprint density at radius 3 is 2.64 bits per heavy atom. The van der Waals surface area contributed by atoms with Crippen molar-refractivity contribution < 1.29 is 10.2 Å². The lowest BCUT2D eigenvalue weighted by molar-refractivity contribution is 0.0924. The standard InChI is InChI=1S/C10H16N2O2/c1-8(12-6-10(14)7-13)9-2-4-11-5-3-9/h2-5,8,10,12-14H,6-7H2,1H3/t8?,10-/m0/s1. The van der Waals surface area contributed by atoms with Gasteiger partial charge in [-0.1, -0.05) is 0 Å². The average molecular weight is 196 g/mol. The zero-order valence-electron chi connectivity index (χ0n) is 8.22. The molecule has 1 heterocycles. The minimum Gasteiger partial charge on any atom is -0.394 e. The van der Waals surface area contributed by atoms with Crippen molar-refractivity contribution >= 4 is 0 Å². The van der Waals surface area contributed by atoms with E-state index in [0.29, 0.717) is 6.54 Å². The van der Waals surface area contributed by atoms with Gasteiger partial charge >= 0.3 is 0 Å². The molecular formula is C10H16N2O2. The Hall–Kier alpha value is -0.970. The molecule has 0 saturated carbocycles. The second kappa shape index (κ2) is 5.70. The third-order valence-electron chi connectivity index (χ3n) is 2.08. The van der Waals surface area contributed by atoms with E-state index in [1.54, 1.807) is 12.4 Å². The van der Waals surface area contributed by atoms with Gasteiger partial charge in [0, 0.05) is 25.0 Å². The second-order valence-corrected chi connectivity index (χ2v) is 3.25. The van der Waals surface area contributed by atoms with Crippen molar-refractivity contribution in [3.05, 3.63) is 30.1 Å². The summed E-state index contributed by atoms with van der Waals surface area (Å²) >= 11 is 0. The van der Waals surface area contributed by atoms with Crippen molar-refractivity contribution in [3.8, 4) is 0 Å². The van der Waals surface area contributed by atoms with Gasteiger partial charge in [-0.15, -0.1) is 0 Å². The normalized spacial score (nSPS) is 15.1. The summed E-state index contributed by atoms with van der Waals surface area (Å²) in [6.07, 6.45) is 2.77. The van der Waals surface area contributed by atoms with Crippen LogP contribution in [-0.4, -0.2) is 34.5 Å². The molecule has 3 N–H and O–H groups in total. The summed E-state index contributed by atoms with van der Waals surface area (Å²) in [6.45, 7) is 2.18. The maximum Gasteiger partial charge on any atom is 0.0895 e. The highest BCUT2D eigenvalue weighted by atomic mass is 16.3. The highest BCUT2D eigenvalue weighted by Gasteiger charge is 2.06. The van der Waals surface area contributed by atoms with Gasteiger partial charge in [0.15, 0.2) is 0 Å². The summed E-state index contributed by atoms with van der Waals surface area (Å²) in [6, 6.07) is 3.99. The van der Waals surface area contributed by atoms with Crippen LogP contribution in [0.3, 0.4) is 0 Å². The van der Waals surface area contributed by atoms with Gasteiger partial charge in [-0.25, -0.2) is 0 Å². The van der Waals surface area contributed by atoms with Crippen molar-refractivity contribution in [1.29, 1.82) is 0 Å². The number of aliphatic hydroxyl groups excluding tert-OH is 2. The van der Waals surface area contributed by atoms with Crippen LogP contribution >= 0.6 is 0 Å². The van der Waals surface area contributed by atoms with Gasteiger partial charge in [0.2, 0.25) is 0 Å². The predicted octanol–water partition coefficient (Wildman–Crippen LogP) is 0.0854. The fraction of sp³-hybridized carbons (Fsp3) is 0.500. The quantitative estimate of drug-likeness (QED) is 0.624. The largest absolute Gasteiger partial charge is 0.394 e. The number of aromatic nitrogens is 1. The highest BCUT2D eigenvalue weighted by Crippen LogP contribution is 2.09. The first-order chi connectivity index (χ1) is 6.74. The molecule has 0 aromatic carbocycles. The maximum atomic E-state index is 9.13. The lowest BCUT2D eigenvalue weighted by atomic mass is 10.1. The van der Waals surface area contributed by atoms with Crippen molar-refractivity contribution in [2.24, 2.45) is 0 Å². The molecule has 0 saturated heterocycles. The molecular weight excluding hydrogens is 180 g/mol. The van der Waals surface area contributed by atoms with E-state index < -0.39 is 6.10 Å².